The van der Waals surface area contributed by atoms with Crippen molar-refractivity contribution >= 4 is 27.3 Å². The molecule has 0 saturated carbocycles. The molecule has 0 amide bonds. The Morgan fingerprint density at radius 3 is 2.78 bits per heavy atom. The molecule has 0 radical (unpaired) electrons. The molecular formula is C15H18BrNS. The Morgan fingerprint density at radius 2 is 2.11 bits per heavy atom. The maximum absolute atomic E-state index is 3.53. The molecule has 3 heteroatoms. The van der Waals surface area contributed by atoms with Crippen LogP contribution in [0.2, 0.25) is 0 Å². The molecule has 0 saturated heterocycles. The minimum Gasteiger partial charge on any atom is -0.312 e. The van der Waals surface area contributed by atoms with E-state index < -0.39 is 0 Å². The summed E-state index contributed by atoms with van der Waals surface area (Å²) in [7, 11) is 2.04. The summed E-state index contributed by atoms with van der Waals surface area (Å²) in [6, 6.07) is 13.4. The van der Waals surface area contributed by atoms with Gasteiger partial charge in [0.15, 0.2) is 0 Å². The van der Waals surface area contributed by atoms with Gasteiger partial charge in [0.05, 0.1) is 0 Å². The first-order valence-electron chi connectivity index (χ1n) is 6.27. The molecule has 2 aromatic rings. The van der Waals surface area contributed by atoms with E-state index in [2.05, 4.69) is 64.6 Å². The fourth-order valence-corrected chi connectivity index (χ4v) is 3.60. The SMILES string of the molecule is CCCC(NC)c1ccc(-c2cccc(Br)c2)s1. The Morgan fingerprint density at radius 1 is 1.28 bits per heavy atom. The molecule has 0 aliphatic rings. The van der Waals surface area contributed by atoms with Crippen LogP contribution in [0.1, 0.15) is 30.7 Å². The van der Waals surface area contributed by atoms with E-state index in [9.17, 15) is 0 Å². The number of benzene rings is 1. The predicted molar refractivity (Wildman–Crippen MR) is 84.2 cm³/mol. The Hall–Kier alpha value is -0.640. The number of rotatable bonds is 5. The largest absolute Gasteiger partial charge is 0.312 e. The van der Waals surface area contributed by atoms with Gasteiger partial charge in [0, 0.05) is 20.3 Å². The summed E-state index contributed by atoms with van der Waals surface area (Å²) < 4.78 is 1.13. The van der Waals surface area contributed by atoms with Crippen molar-refractivity contribution in [3.63, 3.8) is 0 Å². The molecule has 2 rings (SSSR count). The number of nitrogens with one attached hydrogen (secondary N) is 1. The third-order valence-corrected chi connectivity index (χ3v) is 4.75. The fraction of sp³-hybridized carbons (Fsp3) is 0.333. The van der Waals surface area contributed by atoms with Crippen LogP contribution in [-0.2, 0) is 0 Å². The third kappa shape index (κ3) is 3.22. The zero-order chi connectivity index (χ0) is 13.0. The maximum atomic E-state index is 3.53. The van der Waals surface area contributed by atoms with Crippen LogP contribution in [0.4, 0.5) is 0 Å². The van der Waals surface area contributed by atoms with Crippen LogP contribution in [-0.4, -0.2) is 7.05 Å². The highest BCUT2D eigenvalue weighted by Crippen LogP contribution is 2.33. The molecule has 18 heavy (non-hydrogen) atoms. The van der Waals surface area contributed by atoms with E-state index in [1.807, 2.05) is 18.4 Å². The van der Waals surface area contributed by atoms with Gasteiger partial charge in [-0.25, -0.2) is 0 Å². The zero-order valence-corrected chi connectivity index (χ0v) is 13.1. The van der Waals surface area contributed by atoms with Crippen LogP contribution in [0.15, 0.2) is 40.9 Å². The van der Waals surface area contributed by atoms with Crippen molar-refractivity contribution in [1.29, 1.82) is 0 Å². The molecule has 1 aromatic carbocycles. The van der Waals surface area contributed by atoms with Gasteiger partial charge in [-0.05, 0) is 43.3 Å². The fourth-order valence-electron chi connectivity index (χ4n) is 2.05. The first-order chi connectivity index (χ1) is 8.74. The molecular weight excluding hydrogens is 306 g/mol. The molecule has 0 aliphatic carbocycles. The molecule has 1 N–H and O–H groups in total. The molecule has 1 unspecified atom stereocenters. The van der Waals surface area contributed by atoms with Crippen molar-refractivity contribution in [2.24, 2.45) is 0 Å². The smallest absolute Gasteiger partial charge is 0.0412 e. The molecule has 96 valence electrons. The summed E-state index contributed by atoms with van der Waals surface area (Å²) in [6.45, 7) is 2.23. The highest BCUT2D eigenvalue weighted by atomic mass is 79.9. The lowest BCUT2D eigenvalue weighted by Crippen LogP contribution is -2.14. The van der Waals surface area contributed by atoms with Crippen molar-refractivity contribution in [2.45, 2.75) is 25.8 Å². The average molecular weight is 324 g/mol. The summed E-state index contributed by atoms with van der Waals surface area (Å²) in [5.41, 5.74) is 1.28. The van der Waals surface area contributed by atoms with E-state index in [0.717, 1.165) is 4.47 Å². The van der Waals surface area contributed by atoms with Gasteiger partial charge >= 0.3 is 0 Å². The monoisotopic (exact) mass is 323 g/mol. The Bertz CT molecular complexity index is 507. The summed E-state index contributed by atoms with van der Waals surface area (Å²) >= 11 is 5.41. The highest BCUT2D eigenvalue weighted by molar-refractivity contribution is 9.10. The van der Waals surface area contributed by atoms with Crippen LogP contribution in [0.5, 0.6) is 0 Å². The van der Waals surface area contributed by atoms with Gasteiger partial charge in [-0.3, -0.25) is 0 Å². The molecule has 0 spiro atoms. The van der Waals surface area contributed by atoms with Gasteiger partial charge in [0.2, 0.25) is 0 Å². The van der Waals surface area contributed by atoms with Gasteiger partial charge in [-0.2, -0.15) is 0 Å². The molecule has 0 aliphatic heterocycles. The minimum atomic E-state index is 0.487. The van der Waals surface area contributed by atoms with Gasteiger partial charge in [-0.15, -0.1) is 11.3 Å². The third-order valence-electron chi connectivity index (χ3n) is 3.01. The van der Waals surface area contributed by atoms with Crippen LogP contribution >= 0.6 is 27.3 Å². The maximum Gasteiger partial charge on any atom is 0.0412 e. The van der Waals surface area contributed by atoms with Crippen molar-refractivity contribution in [3.8, 4) is 10.4 Å². The van der Waals surface area contributed by atoms with Gasteiger partial charge in [-0.1, -0.05) is 41.4 Å². The van der Waals surface area contributed by atoms with Crippen molar-refractivity contribution in [1.82, 2.24) is 5.32 Å². The number of hydrogen-bond acceptors (Lipinski definition) is 2. The Labute approximate surface area is 121 Å². The summed E-state index contributed by atoms with van der Waals surface area (Å²) in [4.78, 5) is 2.76. The number of halogens is 1. The molecule has 0 fully saturated rings. The minimum absolute atomic E-state index is 0.487. The number of hydrogen-bond donors (Lipinski definition) is 1. The Balaban J connectivity index is 2.24. The molecule has 1 aromatic heterocycles. The van der Waals surface area contributed by atoms with Crippen molar-refractivity contribution in [2.75, 3.05) is 7.05 Å². The van der Waals surface area contributed by atoms with Crippen molar-refractivity contribution in [3.05, 3.63) is 45.7 Å². The van der Waals surface area contributed by atoms with Crippen LogP contribution in [0.25, 0.3) is 10.4 Å². The highest BCUT2D eigenvalue weighted by Gasteiger charge is 2.11. The quantitative estimate of drug-likeness (QED) is 0.793. The van der Waals surface area contributed by atoms with Crippen molar-refractivity contribution < 1.29 is 0 Å². The van der Waals surface area contributed by atoms with E-state index in [-0.39, 0.29) is 0 Å². The van der Waals surface area contributed by atoms with Gasteiger partial charge < -0.3 is 5.32 Å². The summed E-state index contributed by atoms with van der Waals surface area (Å²) in [5.74, 6) is 0. The Kier molecular flexibility index (Phi) is 4.98. The molecule has 1 atom stereocenters. The summed E-state index contributed by atoms with van der Waals surface area (Å²) in [5, 5.41) is 3.40. The first-order valence-corrected chi connectivity index (χ1v) is 7.88. The van der Waals surface area contributed by atoms with Crippen LogP contribution in [0, 0.1) is 0 Å². The second-order valence-corrected chi connectivity index (χ2v) is 6.37. The molecule has 1 heterocycles. The topological polar surface area (TPSA) is 12.0 Å². The summed E-state index contributed by atoms with van der Waals surface area (Å²) in [6.07, 6.45) is 2.39. The predicted octanol–water partition coefficient (Wildman–Crippen LogP) is 5.24. The molecule has 1 nitrogen and oxygen atoms in total. The van der Waals surface area contributed by atoms with E-state index >= 15 is 0 Å². The second kappa shape index (κ2) is 6.50. The second-order valence-electron chi connectivity index (χ2n) is 4.34. The first kappa shape index (κ1) is 13.8. The zero-order valence-electron chi connectivity index (χ0n) is 10.7. The van der Waals surface area contributed by atoms with Crippen LogP contribution < -0.4 is 5.32 Å². The lowest BCUT2D eigenvalue weighted by molar-refractivity contribution is 0.550. The lowest BCUT2D eigenvalue weighted by Gasteiger charge is -2.12. The normalized spacial score (nSPS) is 12.6. The van der Waals surface area contributed by atoms with E-state index in [0.29, 0.717) is 6.04 Å². The van der Waals surface area contributed by atoms with E-state index in [1.165, 1.54) is 28.2 Å². The molecule has 0 bridgehead atoms. The average Bonchev–Trinajstić information content (AvgIpc) is 2.85. The van der Waals surface area contributed by atoms with Gasteiger partial charge in [0.25, 0.3) is 0 Å². The van der Waals surface area contributed by atoms with Crippen LogP contribution in [0.3, 0.4) is 0 Å². The van der Waals surface area contributed by atoms with E-state index in [1.54, 1.807) is 0 Å². The van der Waals surface area contributed by atoms with E-state index in [4.69, 9.17) is 0 Å². The van der Waals surface area contributed by atoms with Gasteiger partial charge in [0.1, 0.15) is 0 Å². The number of thiophene rings is 1. The standard InChI is InChI=1S/C15H18BrNS/c1-3-5-13(17-2)15-9-8-14(18-15)11-6-4-7-12(16)10-11/h4,6-10,13,17H,3,5H2,1-2H3. The lowest BCUT2D eigenvalue weighted by atomic mass is 10.1.